The summed E-state index contributed by atoms with van der Waals surface area (Å²) in [7, 11) is 1.61. The van der Waals surface area contributed by atoms with Gasteiger partial charge in [0.1, 0.15) is 0 Å². The number of para-hydroxylation sites is 1. The van der Waals surface area contributed by atoms with Gasteiger partial charge in [0.15, 0.2) is 13.1 Å². The molecule has 0 aromatic heterocycles. The molecule has 0 spiro atoms. The van der Waals surface area contributed by atoms with Crippen molar-refractivity contribution in [2.75, 3.05) is 25.0 Å². The minimum atomic E-state index is -0.0586. The summed E-state index contributed by atoms with van der Waals surface area (Å²) in [6.07, 6.45) is 5.76. The van der Waals surface area contributed by atoms with Crippen molar-refractivity contribution in [2.24, 2.45) is 0 Å². The molecule has 0 radical (unpaired) electrons. The maximum Gasteiger partial charge on any atom is 0.282 e. The second-order valence-electron chi connectivity index (χ2n) is 5.76. The van der Waals surface area contributed by atoms with Gasteiger partial charge in [-0.2, -0.15) is 0 Å². The van der Waals surface area contributed by atoms with Crippen LogP contribution in [0, 0.1) is 0 Å². The number of amides is 2. The van der Waals surface area contributed by atoms with Crippen LogP contribution in [0.4, 0.5) is 5.69 Å². The van der Waals surface area contributed by atoms with Gasteiger partial charge in [-0.3, -0.25) is 9.59 Å². The molecule has 22 heavy (non-hydrogen) atoms. The summed E-state index contributed by atoms with van der Waals surface area (Å²) in [5, 5.41) is 4.33. The van der Waals surface area contributed by atoms with E-state index < -0.39 is 0 Å². The van der Waals surface area contributed by atoms with E-state index in [-0.39, 0.29) is 24.4 Å². The average molecular weight is 304 g/mol. The Morgan fingerprint density at radius 1 is 1.14 bits per heavy atom. The molecule has 0 heterocycles. The van der Waals surface area contributed by atoms with Crippen LogP contribution in [0.25, 0.3) is 0 Å². The van der Waals surface area contributed by atoms with Crippen molar-refractivity contribution in [3.8, 4) is 0 Å². The van der Waals surface area contributed by atoms with E-state index in [1.54, 1.807) is 12.4 Å². The van der Waals surface area contributed by atoms with Crippen LogP contribution >= 0.6 is 0 Å². The number of likely N-dealkylation sites (N-methyl/N-ethyl adjacent to an activating group) is 1. The van der Waals surface area contributed by atoms with Gasteiger partial charge in [-0.25, -0.2) is 0 Å². The normalized spacial score (nSPS) is 15.3. The van der Waals surface area contributed by atoms with E-state index in [9.17, 15) is 9.59 Å². The Balaban J connectivity index is 2.03. The number of hydrogen-bond acceptors (Lipinski definition) is 2. The molecule has 0 saturated heterocycles. The predicted octanol–water partition coefficient (Wildman–Crippen LogP) is 0.662. The second kappa shape index (κ2) is 8.54. The fourth-order valence-electron chi connectivity index (χ4n) is 3.01. The minimum absolute atomic E-state index is 0.0586. The Labute approximate surface area is 132 Å². The van der Waals surface area contributed by atoms with Gasteiger partial charge >= 0.3 is 0 Å². The highest BCUT2D eigenvalue weighted by Crippen LogP contribution is 2.27. The van der Waals surface area contributed by atoms with E-state index in [0.717, 1.165) is 18.5 Å². The molecule has 0 atom stereocenters. The topological polar surface area (TPSA) is 66.0 Å². The molecule has 1 saturated carbocycles. The zero-order chi connectivity index (χ0) is 15.8. The number of carbonyl (C=O) groups excluding carboxylic acids is 2. The largest absolute Gasteiger partial charge is 0.354 e. The monoisotopic (exact) mass is 304 g/mol. The van der Waals surface area contributed by atoms with Gasteiger partial charge in [-0.05, 0) is 25.0 Å². The summed E-state index contributed by atoms with van der Waals surface area (Å²) in [6.45, 7) is 0.592. The molecule has 0 unspecified atom stereocenters. The molecule has 1 aromatic rings. The lowest BCUT2D eigenvalue weighted by molar-refractivity contribution is -0.632. The molecule has 3 N–H and O–H groups in total. The van der Waals surface area contributed by atoms with Gasteiger partial charge in [0.05, 0.1) is 0 Å². The summed E-state index contributed by atoms with van der Waals surface area (Å²) in [6, 6.07) is 10.2. The molecule has 1 aliphatic rings. The smallest absolute Gasteiger partial charge is 0.282 e. The lowest BCUT2D eigenvalue weighted by Crippen LogP contribution is -2.89. The van der Waals surface area contributed by atoms with Crippen molar-refractivity contribution in [2.45, 2.75) is 38.1 Å². The first-order chi connectivity index (χ1) is 10.7. The molecule has 1 fully saturated rings. The Morgan fingerprint density at radius 3 is 2.45 bits per heavy atom. The number of rotatable bonds is 6. The van der Waals surface area contributed by atoms with Crippen LogP contribution in [0.3, 0.4) is 0 Å². The number of nitrogens with zero attached hydrogens (tertiary/aromatic N) is 1. The zero-order valence-electron chi connectivity index (χ0n) is 13.3. The standard InChI is InChI=1S/C17H25N3O2/c1-18-16(21)12-19-13-17(22)20(14-8-4-2-5-9-14)15-10-6-3-7-11-15/h2,4-5,8-9,15,19H,3,6-7,10-13H2,1H3,(H,18,21)/p+1. The zero-order valence-corrected chi connectivity index (χ0v) is 13.3. The number of nitrogens with one attached hydrogen (secondary N) is 1. The highest BCUT2D eigenvalue weighted by atomic mass is 16.2. The minimum Gasteiger partial charge on any atom is -0.354 e. The van der Waals surface area contributed by atoms with Crippen LogP contribution in [0.1, 0.15) is 32.1 Å². The Kier molecular flexibility index (Phi) is 6.40. The molecule has 5 nitrogen and oxygen atoms in total. The molecular formula is C17H26N3O2+. The molecule has 5 heteroatoms. The van der Waals surface area contributed by atoms with Crippen LogP contribution in [0.15, 0.2) is 30.3 Å². The van der Waals surface area contributed by atoms with E-state index >= 15 is 0 Å². The number of anilines is 1. The first-order valence-electron chi connectivity index (χ1n) is 8.11. The van der Waals surface area contributed by atoms with Gasteiger partial charge in [0, 0.05) is 18.8 Å². The predicted molar refractivity (Wildman–Crippen MR) is 86.5 cm³/mol. The maximum atomic E-state index is 12.7. The summed E-state index contributed by atoms with van der Waals surface area (Å²) in [5.74, 6) is 0.0266. The molecule has 1 aromatic carbocycles. The molecule has 2 amide bonds. The van der Waals surface area contributed by atoms with Crippen LogP contribution < -0.4 is 15.5 Å². The molecule has 0 aliphatic heterocycles. The molecule has 120 valence electrons. The quantitative estimate of drug-likeness (QED) is 0.811. The van der Waals surface area contributed by atoms with Crippen molar-refractivity contribution < 1.29 is 14.9 Å². The number of hydrogen-bond donors (Lipinski definition) is 2. The molecular weight excluding hydrogens is 278 g/mol. The third-order valence-electron chi connectivity index (χ3n) is 4.17. The number of carbonyl (C=O) groups is 2. The Bertz CT molecular complexity index is 484. The maximum absolute atomic E-state index is 12.7. The van der Waals surface area contributed by atoms with Crippen LogP contribution in [0.5, 0.6) is 0 Å². The van der Waals surface area contributed by atoms with E-state index in [4.69, 9.17) is 0 Å². The third kappa shape index (κ3) is 4.56. The van der Waals surface area contributed by atoms with E-state index in [2.05, 4.69) is 5.32 Å². The number of nitrogens with two attached hydrogens (primary N) is 1. The number of quaternary nitrogens is 1. The van der Waals surface area contributed by atoms with Crippen molar-refractivity contribution in [3.63, 3.8) is 0 Å². The van der Waals surface area contributed by atoms with Crippen LogP contribution in [-0.2, 0) is 9.59 Å². The van der Waals surface area contributed by atoms with Crippen LogP contribution in [-0.4, -0.2) is 38.0 Å². The summed E-state index contributed by atoms with van der Waals surface area (Å²) >= 11 is 0. The number of benzene rings is 1. The summed E-state index contributed by atoms with van der Waals surface area (Å²) in [4.78, 5) is 25.9. The highest BCUT2D eigenvalue weighted by molar-refractivity contribution is 5.94. The van der Waals surface area contributed by atoms with Crippen molar-refractivity contribution in [3.05, 3.63) is 30.3 Å². The first kappa shape index (κ1) is 16.5. The molecule has 0 bridgehead atoms. The van der Waals surface area contributed by atoms with Gasteiger partial charge < -0.3 is 15.5 Å². The highest BCUT2D eigenvalue weighted by Gasteiger charge is 2.27. The van der Waals surface area contributed by atoms with E-state index in [0.29, 0.717) is 6.54 Å². The van der Waals surface area contributed by atoms with Gasteiger partial charge in [-0.1, -0.05) is 37.5 Å². The van der Waals surface area contributed by atoms with Gasteiger partial charge in [0.25, 0.3) is 11.8 Å². The third-order valence-corrected chi connectivity index (χ3v) is 4.17. The Hall–Kier alpha value is -1.88. The van der Waals surface area contributed by atoms with Crippen molar-refractivity contribution >= 4 is 17.5 Å². The SMILES string of the molecule is CNC(=O)C[NH2+]CC(=O)N(c1ccccc1)C1CCCCC1. The average Bonchev–Trinajstić information content (AvgIpc) is 2.57. The first-order valence-corrected chi connectivity index (χ1v) is 8.11. The van der Waals surface area contributed by atoms with E-state index in [1.165, 1.54) is 19.3 Å². The van der Waals surface area contributed by atoms with Crippen molar-refractivity contribution in [1.29, 1.82) is 0 Å². The molecule has 1 aliphatic carbocycles. The van der Waals surface area contributed by atoms with Gasteiger partial charge in [0.2, 0.25) is 0 Å². The van der Waals surface area contributed by atoms with Crippen molar-refractivity contribution in [1.82, 2.24) is 5.32 Å². The Morgan fingerprint density at radius 2 is 1.82 bits per heavy atom. The summed E-state index contributed by atoms with van der Waals surface area (Å²) in [5.41, 5.74) is 0.966. The molecule has 2 rings (SSSR count). The lowest BCUT2D eigenvalue weighted by Gasteiger charge is -2.34. The van der Waals surface area contributed by atoms with Crippen LogP contribution in [0.2, 0.25) is 0 Å². The lowest BCUT2D eigenvalue weighted by atomic mass is 9.93. The fourth-order valence-corrected chi connectivity index (χ4v) is 3.01. The van der Waals surface area contributed by atoms with E-state index in [1.807, 2.05) is 35.2 Å². The second-order valence-corrected chi connectivity index (χ2v) is 5.76. The fraction of sp³-hybridized carbons (Fsp3) is 0.529. The summed E-state index contributed by atoms with van der Waals surface area (Å²) < 4.78 is 0. The van der Waals surface area contributed by atoms with Gasteiger partial charge in [-0.15, -0.1) is 0 Å².